The summed E-state index contributed by atoms with van der Waals surface area (Å²) in [4.78, 5) is 24.5. The molecule has 7 heteroatoms. The maximum Gasteiger partial charge on any atom is 0.227 e. The number of primary amides is 1. The van der Waals surface area contributed by atoms with Crippen LogP contribution < -0.4 is 10.6 Å². The lowest BCUT2D eigenvalue weighted by atomic mass is 10.1. The molecule has 1 aromatic carbocycles. The molecule has 2 rings (SSSR count). The van der Waals surface area contributed by atoms with Gasteiger partial charge in [-0.3, -0.25) is 9.59 Å². The van der Waals surface area contributed by atoms with Crippen molar-refractivity contribution in [3.05, 3.63) is 26.7 Å². The van der Waals surface area contributed by atoms with Gasteiger partial charge in [0.2, 0.25) is 11.8 Å². The minimum absolute atomic E-state index is 0.112. The molecule has 4 nitrogen and oxygen atoms in total. The third-order valence-electron chi connectivity index (χ3n) is 2.78. The first kappa shape index (κ1) is 13.6. The van der Waals surface area contributed by atoms with Crippen LogP contribution in [0.3, 0.4) is 0 Å². The Hall–Kier alpha value is -0.780. The quantitative estimate of drug-likeness (QED) is 0.890. The van der Waals surface area contributed by atoms with E-state index in [9.17, 15) is 9.59 Å². The Balaban J connectivity index is 2.39. The van der Waals surface area contributed by atoms with Crippen LogP contribution in [0.4, 0.5) is 5.69 Å². The second-order valence-electron chi connectivity index (χ2n) is 4.03. The Morgan fingerprint density at radius 3 is 2.61 bits per heavy atom. The van der Waals surface area contributed by atoms with Crippen LogP contribution in [-0.2, 0) is 9.59 Å². The summed E-state index contributed by atoms with van der Waals surface area (Å²) in [7, 11) is 0. The van der Waals surface area contributed by atoms with Gasteiger partial charge in [0.1, 0.15) is 0 Å². The van der Waals surface area contributed by atoms with E-state index >= 15 is 0 Å². The molecule has 0 aliphatic carbocycles. The van der Waals surface area contributed by atoms with Crippen molar-refractivity contribution in [2.24, 2.45) is 11.7 Å². The number of hydrogen-bond donors (Lipinski definition) is 1. The molecule has 1 aliphatic heterocycles. The normalized spacial score (nSPS) is 19.4. The fourth-order valence-electron chi connectivity index (χ4n) is 1.91. The SMILES string of the molecule is NC(=O)C1CC(=O)N(c2c(Cl)cc(Cl)cc2Br)C1. The molecule has 1 unspecified atom stereocenters. The summed E-state index contributed by atoms with van der Waals surface area (Å²) in [5.41, 5.74) is 5.74. The highest BCUT2D eigenvalue weighted by Gasteiger charge is 2.35. The maximum absolute atomic E-state index is 11.9. The highest BCUT2D eigenvalue weighted by atomic mass is 79.9. The van der Waals surface area contributed by atoms with E-state index in [0.29, 0.717) is 20.2 Å². The van der Waals surface area contributed by atoms with Crippen LogP contribution in [0.15, 0.2) is 16.6 Å². The lowest BCUT2D eigenvalue weighted by molar-refractivity contribution is -0.123. The van der Waals surface area contributed by atoms with Gasteiger partial charge in [0.25, 0.3) is 0 Å². The first-order valence-electron chi connectivity index (χ1n) is 5.14. The third kappa shape index (κ3) is 2.48. The number of rotatable bonds is 2. The Morgan fingerprint density at radius 2 is 2.11 bits per heavy atom. The summed E-state index contributed by atoms with van der Waals surface area (Å²) in [5.74, 6) is -1.13. The van der Waals surface area contributed by atoms with E-state index in [1.165, 1.54) is 4.90 Å². The van der Waals surface area contributed by atoms with E-state index in [2.05, 4.69) is 15.9 Å². The summed E-state index contributed by atoms with van der Waals surface area (Å²) < 4.78 is 0.610. The van der Waals surface area contributed by atoms with Gasteiger partial charge < -0.3 is 10.6 Å². The molecule has 18 heavy (non-hydrogen) atoms. The monoisotopic (exact) mass is 350 g/mol. The van der Waals surface area contributed by atoms with Crippen molar-refractivity contribution in [1.82, 2.24) is 0 Å². The first-order chi connectivity index (χ1) is 8.40. The summed E-state index contributed by atoms with van der Waals surface area (Å²) in [5, 5.41) is 0.821. The molecule has 1 fully saturated rings. The molecule has 2 N–H and O–H groups in total. The number of carbonyl (C=O) groups is 2. The van der Waals surface area contributed by atoms with Gasteiger partial charge >= 0.3 is 0 Å². The van der Waals surface area contributed by atoms with E-state index in [1.807, 2.05) is 0 Å². The molecule has 2 amide bonds. The molecule has 0 radical (unpaired) electrons. The molecule has 0 spiro atoms. The van der Waals surface area contributed by atoms with Crippen LogP contribution in [0, 0.1) is 5.92 Å². The minimum atomic E-state index is -0.480. The van der Waals surface area contributed by atoms with Crippen molar-refractivity contribution in [2.75, 3.05) is 11.4 Å². The molecular formula is C11H9BrCl2N2O2. The predicted octanol–water partition coefficient (Wildman–Crippen LogP) is 2.59. The second-order valence-corrected chi connectivity index (χ2v) is 5.72. The number of anilines is 1. The topological polar surface area (TPSA) is 63.4 Å². The first-order valence-corrected chi connectivity index (χ1v) is 6.69. The fraction of sp³-hybridized carbons (Fsp3) is 0.273. The Labute approximate surface area is 122 Å². The molecule has 0 saturated carbocycles. The minimum Gasteiger partial charge on any atom is -0.369 e. The van der Waals surface area contributed by atoms with Gasteiger partial charge in [0, 0.05) is 22.5 Å². The molecule has 0 aromatic heterocycles. The van der Waals surface area contributed by atoms with Crippen LogP contribution in [0.1, 0.15) is 6.42 Å². The van der Waals surface area contributed by atoms with Crippen LogP contribution >= 0.6 is 39.1 Å². The van der Waals surface area contributed by atoms with Gasteiger partial charge in [-0.1, -0.05) is 23.2 Å². The number of nitrogens with zero attached hydrogens (tertiary/aromatic N) is 1. The number of nitrogens with two attached hydrogens (primary N) is 1. The van der Waals surface area contributed by atoms with E-state index in [-0.39, 0.29) is 18.9 Å². The summed E-state index contributed by atoms with van der Waals surface area (Å²) in [6.07, 6.45) is 0.112. The molecule has 1 heterocycles. The van der Waals surface area contributed by atoms with E-state index < -0.39 is 11.8 Å². The van der Waals surface area contributed by atoms with E-state index in [4.69, 9.17) is 28.9 Å². The average molecular weight is 352 g/mol. The predicted molar refractivity (Wildman–Crippen MR) is 73.8 cm³/mol. The number of carbonyl (C=O) groups excluding carboxylic acids is 2. The summed E-state index contributed by atoms with van der Waals surface area (Å²) in [6.45, 7) is 0.244. The van der Waals surface area contributed by atoms with Crippen molar-refractivity contribution in [1.29, 1.82) is 0 Å². The smallest absolute Gasteiger partial charge is 0.227 e. The summed E-state index contributed by atoms with van der Waals surface area (Å²) in [6, 6.07) is 3.20. The van der Waals surface area contributed by atoms with Gasteiger partial charge in [0.05, 0.1) is 16.6 Å². The molecule has 1 saturated heterocycles. The zero-order valence-electron chi connectivity index (χ0n) is 9.12. The largest absolute Gasteiger partial charge is 0.369 e. The Kier molecular flexibility index (Phi) is 3.84. The van der Waals surface area contributed by atoms with E-state index in [1.54, 1.807) is 12.1 Å². The Bertz CT molecular complexity index is 513. The van der Waals surface area contributed by atoms with Gasteiger partial charge in [-0.2, -0.15) is 0 Å². The van der Waals surface area contributed by atoms with Crippen molar-refractivity contribution in [3.63, 3.8) is 0 Å². The van der Waals surface area contributed by atoms with Gasteiger partial charge in [-0.05, 0) is 28.1 Å². The van der Waals surface area contributed by atoms with Gasteiger partial charge in [0.15, 0.2) is 0 Å². The molecule has 1 aromatic rings. The fourth-order valence-corrected chi connectivity index (χ4v) is 3.42. The summed E-state index contributed by atoms with van der Waals surface area (Å²) >= 11 is 15.2. The van der Waals surface area contributed by atoms with Crippen molar-refractivity contribution in [3.8, 4) is 0 Å². The van der Waals surface area contributed by atoms with Crippen molar-refractivity contribution in [2.45, 2.75) is 6.42 Å². The maximum atomic E-state index is 11.9. The second kappa shape index (κ2) is 5.07. The number of halogens is 3. The van der Waals surface area contributed by atoms with Crippen molar-refractivity contribution >= 4 is 56.6 Å². The number of hydrogen-bond acceptors (Lipinski definition) is 2. The van der Waals surface area contributed by atoms with E-state index in [0.717, 1.165) is 0 Å². The van der Waals surface area contributed by atoms with Gasteiger partial charge in [-0.25, -0.2) is 0 Å². The highest BCUT2D eigenvalue weighted by Crippen LogP contribution is 2.39. The van der Waals surface area contributed by atoms with Crippen LogP contribution in [-0.4, -0.2) is 18.4 Å². The van der Waals surface area contributed by atoms with Crippen LogP contribution in [0.5, 0.6) is 0 Å². The zero-order valence-corrected chi connectivity index (χ0v) is 12.2. The molecule has 0 bridgehead atoms. The number of amides is 2. The molecule has 1 aliphatic rings. The lowest BCUT2D eigenvalue weighted by Crippen LogP contribution is -2.28. The standard InChI is InChI=1S/C11H9BrCl2N2O2/c12-7-2-6(13)3-8(14)10(7)16-4-5(11(15)18)1-9(16)17/h2-3,5H,1,4H2,(H2,15,18). The highest BCUT2D eigenvalue weighted by molar-refractivity contribution is 9.10. The van der Waals surface area contributed by atoms with Crippen LogP contribution in [0.25, 0.3) is 0 Å². The van der Waals surface area contributed by atoms with Crippen molar-refractivity contribution < 1.29 is 9.59 Å². The zero-order chi connectivity index (χ0) is 13.4. The Morgan fingerprint density at radius 1 is 1.44 bits per heavy atom. The molecular weight excluding hydrogens is 343 g/mol. The number of benzene rings is 1. The lowest BCUT2D eigenvalue weighted by Gasteiger charge is -2.19. The molecule has 96 valence electrons. The average Bonchev–Trinajstić information content (AvgIpc) is 2.59. The van der Waals surface area contributed by atoms with Gasteiger partial charge in [-0.15, -0.1) is 0 Å². The molecule has 1 atom stereocenters. The van der Waals surface area contributed by atoms with Crippen LogP contribution in [0.2, 0.25) is 10.0 Å². The third-order valence-corrected chi connectivity index (χ3v) is 3.89.